The first-order chi connectivity index (χ1) is 9.70. The molecule has 1 aliphatic heterocycles. The first-order valence-corrected chi connectivity index (χ1v) is 7.01. The molecule has 0 amide bonds. The Labute approximate surface area is 120 Å². The first kappa shape index (κ1) is 14.7. The zero-order valence-corrected chi connectivity index (χ0v) is 12.2. The summed E-state index contributed by atoms with van der Waals surface area (Å²) >= 11 is 0. The maximum atomic E-state index is 11.4. The summed E-state index contributed by atoms with van der Waals surface area (Å²) in [7, 11) is 2.13. The topological polar surface area (TPSA) is 42.0 Å². The van der Waals surface area contributed by atoms with Crippen LogP contribution < -0.4 is 9.64 Å². The van der Waals surface area contributed by atoms with Gasteiger partial charge in [-0.2, -0.15) is 0 Å². The third kappa shape index (κ3) is 3.87. The molecule has 0 radical (unpaired) electrons. The highest BCUT2D eigenvalue weighted by Crippen LogP contribution is 2.28. The molecule has 1 fully saturated rings. The van der Waals surface area contributed by atoms with Gasteiger partial charge in [-0.05, 0) is 26.1 Å². The minimum atomic E-state index is -0.333. The van der Waals surface area contributed by atoms with Gasteiger partial charge in [0.15, 0.2) is 6.61 Å². The molecule has 0 N–H and O–H groups in total. The average molecular weight is 278 g/mol. The van der Waals surface area contributed by atoms with Crippen molar-refractivity contribution < 1.29 is 14.3 Å². The van der Waals surface area contributed by atoms with Crippen LogP contribution in [0.5, 0.6) is 5.75 Å². The molecule has 5 nitrogen and oxygen atoms in total. The van der Waals surface area contributed by atoms with Gasteiger partial charge in [0.1, 0.15) is 5.75 Å². The summed E-state index contributed by atoms with van der Waals surface area (Å²) in [4.78, 5) is 16.0. The largest absolute Gasteiger partial charge is 0.480 e. The quantitative estimate of drug-likeness (QED) is 0.761. The summed E-state index contributed by atoms with van der Waals surface area (Å²) in [5.74, 6) is 0.408. The molecule has 1 aromatic rings. The summed E-state index contributed by atoms with van der Waals surface area (Å²) in [6, 6.07) is 7.84. The van der Waals surface area contributed by atoms with Gasteiger partial charge < -0.3 is 19.3 Å². The van der Waals surface area contributed by atoms with Crippen LogP contribution in [0.3, 0.4) is 0 Å². The molecule has 1 heterocycles. The van der Waals surface area contributed by atoms with Crippen LogP contribution in [0.25, 0.3) is 0 Å². The molecule has 1 aliphatic rings. The van der Waals surface area contributed by atoms with E-state index in [0.717, 1.165) is 37.6 Å². The Morgan fingerprint density at radius 2 is 1.90 bits per heavy atom. The maximum absolute atomic E-state index is 11.4. The number of rotatable bonds is 5. The van der Waals surface area contributed by atoms with E-state index in [0.29, 0.717) is 6.61 Å². The van der Waals surface area contributed by atoms with E-state index in [9.17, 15) is 4.79 Å². The molecule has 5 heteroatoms. The van der Waals surface area contributed by atoms with Gasteiger partial charge in [0.2, 0.25) is 0 Å². The van der Waals surface area contributed by atoms with Crippen molar-refractivity contribution in [2.75, 3.05) is 51.3 Å². The minimum absolute atomic E-state index is 0.0431. The Kier molecular flexibility index (Phi) is 5.24. The fourth-order valence-electron chi connectivity index (χ4n) is 2.23. The first-order valence-electron chi connectivity index (χ1n) is 7.01. The van der Waals surface area contributed by atoms with Gasteiger partial charge in [0, 0.05) is 26.2 Å². The van der Waals surface area contributed by atoms with Crippen LogP contribution in [0.15, 0.2) is 24.3 Å². The number of benzene rings is 1. The lowest BCUT2D eigenvalue weighted by Crippen LogP contribution is -2.44. The van der Waals surface area contributed by atoms with Crippen molar-refractivity contribution in [1.82, 2.24) is 4.90 Å². The van der Waals surface area contributed by atoms with E-state index in [1.807, 2.05) is 24.3 Å². The molecule has 0 aromatic heterocycles. The number of piperazine rings is 1. The molecule has 0 bridgehead atoms. The van der Waals surface area contributed by atoms with E-state index in [2.05, 4.69) is 16.8 Å². The smallest absolute Gasteiger partial charge is 0.344 e. The lowest BCUT2D eigenvalue weighted by molar-refractivity contribution is -0.145. The normalized spacial score (nSPS) is 16.0. The fourth-order valence-corrected chi connectivity index (χ4v) is 2.23. The molecule has 0 spiro atoms. The van der Waals surface area contributed by atoms with Crippen molar-refractivity contribution >= 4 is 11.7 Å². The Hall–Kier alpha value is -1.75. The lowest BCUT2D eigenvalue weighted by atomic mass is 10.2. The average Bonchev–Trinajstić information content (AvgIpc) is 2.47. The molecule has 0 atom stereocenters. The number of carbonyl (C=O) groups excluding carboxylic acids is 1. The SMILES string of the molecule is CCOC(=O)COc1ccccc1N1CCN(C)CC1. The second kappa shape index (κ2) is 7.14. The Balaban J connectivity index is 2.00. The predicted molar refractivity (Wildman–Crippen MR) is 78.3 cm³/mol. The maximum Gasteiger partial charge on any atom is 0.344 e. The van der Waals surface area contributed by atoms with E-state index in [4.69, 9.17) is 9.47 Å². The van der Waals surface area contributed by atoms with Gasteiger partial charge in [0.05, 0.1) is 12.3 Å². The number of hydrogen-bond donors (Lipinski definition) is 0. The van der Waals surface area contributed by atoms with Gasteiger partial charge in [-0.25, -0.2) is 4.79 Å². The van der Waals surface area contributed by atoms with Crippen molar-refractivity contribution in [3.63, 3.8) is 0 Å². The highest BCUT2D eigenvalue weighted by molar-refractivity contribution is 5.71. The molecule has 20 heavy (non-hydrogen) atoms. The number of ether oxygens (including phenoxy) is 2. The van der Waals surface area contributed by atoms with E-state index < -0.39 is 0 Å². The number of anilines is 1. The Morgan fingerprint density at radius 1 is 1.20 bits per heavy atom. The van der Waals surface area contributed by atoms with E-state index >= 15 is 0 Å². The Morgan fingerprint density at radius 3 is 2.60 bits per heavy atom. The molecule has 0 aliphatic carbocycles. The number of esters is 1. The van der Waals surface area contributed by atoms with E-state index in [-0.39, 0.29) is 12.6 Å². The van der Waals surface area contributed by atoms with Crippen LogP contribution in [0, 0.1) is 0 Å². The molecule has 1 aromatic carbocycles. The van der Waals surface area contributed by atoms with Gasteiger partial charge in [-0.1, -0.05) is 12.1 Å². The number of hydrogen-bond acceptors (Lipinski definition) is 5. The lowest BCUT2D eigenvalue weighted by Gasteiger charge is -2.34. The van der Waals surface area contributed by atoms with E-state index in [1.165, 1.54) is 0 Å². The molecule has 2 rings (SSSR count). The molecular formula is C15H22N2O3. The van der Waals surface area contributed by atoms with Crippen molar-refractivity contribution in [1.29, 1.82) is 0 Å². The zero-order valence-electron chi connectivity index (χ0n) is 12.2. The number of nitrogens with zero attached hydrogens (tertiary/aromatic N) is 2. The van der Waals surface area contributed by atoms with Crippen LogP contribution in [0.4, 0.5) is 5.69 Å². The second-order valence-corrected chi connectivity index (χ2v) is 4.85. The summed E-state index contributed by atoms with van der Waals surface area (Å²) in [5, 5.41) is 0. The standard InChI is InChI=1S/C15H22N2O3/c1-3-19-15(18)12-20-14-7-5-4-6-13(14)17-10-8-16(2)9-11-17/h4-7H,3,8-12H2,1-2H3. The minimum Gasteiger partial charge on any atom is -0.480 e. The molecule has 110 valence electrons. The van der Waals surface area contributed by atoms with Gasteiger partial charge >= 0.3 is 5.97 Å². The van der Waals surface area contributed by atoms with Crippen LogP contribution in [0.2, 0.25) is 0 Å². The predicted octanol–water partition coefficient (Wildman–Crippen LogP) is 1.38. The van der Waals surface area contributed by atoms with Gasteiger partial charge in [-0.15, -0.1) is 0 Å². The van der Waals surface area contributed by atoms with Crippen molar-refractivity contribution in [2.24, 2.45) is 0 Å². The Bertz CT molecular complexity index is 442. The zero-order chi connectivity index (χ0) is 14.4. The number of likely N-dealkylation sites (N-methyl/N-ethyl adjacent to an activating group) is 1. The fraction of sp³-hybridized carbons (Fsp3) is 0.533. The van der Waals surface area contributed by atoms with Crippen molar-refractivity contribution in [3.8, 4) is 5.75 Å². The van der Waals surface area contributed by atoms with E-state index in [1.54, 1.807) is 6.92 Å². The molecule has 1 saturated heterocycles. The molecule has 0 unspecified atom stereocenters. The summed E-state index contributed by atoms with van der Waals surface area (Å²) < 4.78 is 10.5. The van der Waals surface area contributed by atoms with Crippen LogP contribution in [0.1, 0.15) is 6.92 Å². The third-order valence-corrected chi connectivity index (χ3v) is 3.36. The van der Waals surface area contributed by atoms with Crippen LogP contribution in [-0.2, 0) is 9.53 Å². The summed E-state index contributed by atoms with van der Waals surface area (Å²) in [6.45, 7) is 6.13. The van der Waals surface area contributed by atoms with Crippen molar-refractivity contribution in [3.05, 3.63) is 24.3 Å². The van der Waals surface area contributed by atoms with Gasteiger partial charge in [0.25, 0.3) is 0 Å². The molecule has 0 saturated carbocycles. The summed E-state index contributed by atoms with van der Waals surface area (Å²) in [5.41, 5.74) is 1.05. The van der Waals surface area contributed by atoms with Gasteiger partial charge in [-0.3, -0.25) is 0 Å². The highest BCUT2D eigenvalue weighted by Gasteiger charge is 2.17. The second-order valence-electron chi connectivity index (χ2n) is 4.85. The monoisotopic (exact) mass is 278 g/mol. The number of carbonyl (C=O) groups is 1. The highest BCUT2D eigenvalue weighted by atomic mass is 16.6. The van der Waals surface area contributed by atoms with Crippen LogP contribution in [-0.4, -0.2) is 57.3 Å². The third-order valence-electron chi connectivity index (χ3n) is 3.36. The van der Waals surface area contributed by atoms with Crippen molar-refractivity contribution in [2.45, 2.75) is 6.92 Å². The van der Waals surface area contributed by atoms with Crippen LogP contribution >= 0.6 is 0 Å². The molecular weight excluding hydrogens is 256 g/mol. The summed E-state index contributed by atoms with van der Waals surface area (Å²) in [6.07, 6.45) is 0. The number of para-hydroxylation sites is 2.